The maximum atomic E-state index is 5.40. The van der Waals surface area contributed by atoms with Gasteiger partial charge in [0.1, 0.15) is 0 Å². The minimum Gasteiger partial charge on any atom is -0.264 e. The molecule has 4 nitrogen and oxygen atoms in total. The smallest absolute Gasteiger partial charge is 0.0973 e. The Morgan fingerprint density at radius 2 is 0.796 bits per heavy atom. The average molecular weight is 631 g/mol. The Morgan fingerprint density at radius 1 is 0.347 bits per heavy atom. The van der Waals surface area contributed by atoms with Gasteiger partial charge in [0.2, 0.25) is 0 Å². The summed E-state index contributed by atoms with van der Waals surface area (Å²) in [4.78, 5) is 19.4. The second kappa shape index (κ2) is 12.7. The molecular formula is C45H34N4. The molecule has 0 saturated heterocycles. The summed E-state index contributed by atoms with van der Waals surface area (Å²) < 4.78 is 0. The molecule has 0 amide bonds. The lowest BCUT2D eigenvalue weighted by Crippen LogP contribution is -1.98. The Morgan fingerprint density at radius 3 is 1.27 bits per heavy atom. The van der Waals surface area contributed by atoms with Crippen molar-refractivity contribution in [2.24, 2.45) is 0 Å². The standard InChI is InChI=1S/C45H34N4/c1-29-7-4-8-36(22-29)40-25-42-43(26-41(40)39-23-30(2)21-31(3)24-39)49-45(35-17-13-33(14-18-35)38-10-6-20-47-28-38)44(48-42)34-15-11-32(12-16-34)37-9-5-19-46-27-37/h4-28H,1-3H3. The highest BCUT2D eigenvalue weighted by Gasteiger charge is 2.18. The number of aromatic nitrogens is 4. The molecule has 0 atom stereocenters. The predicted octanol–water partition coefficient (Wildman–Crippen LogP) is 11.3. The van der Waals surface area contributed by atoms with Gasteiger partial charge in [0.25, 0.3) is 0 Å². The third kappa shape index (κ3) is 6.13. The van der Waals surface area contributed by atoms with Gasteiger partial charge in [-0.05, 0) is 89.5 Å². The molecule has 234 valence electrons. The van der Waals surface area contributed by atoms with Crippen molar-refractivity contribution < 1.29 is 0 Å². The lowest BCUT2D eigenvalue weighted by Gasteiger charge is -2.16. The van der Waals surface area contributed by atoms with Gasteiger partial charge in [-0.25, -0.2) is 9.97 Å². The molecule has 5 aromatic carbocycles. The molecule has 0 aliphatic rings. The van der Waals surface area contributed by atoms with Crippen molar-refractivity contribution in [1.82, 2.24) is 19.9 Å². The largest absolute Gasteiger partial charge is 0.264 e. The second-order valence-electron chi connectivity index (χ2n) is 12.7. The molecule has 49 heavy (non-hydrogen) atoms. The molecule has 0 aliphatic heterocycles. The van der Waals surface area contributed by atoms with E-state index in [0.29, 0.717) is 0 Å². The molecule has 0 N–H and O–H groups in total. The first kappa shape index (κ1) is 30.1. The Labute approximate surface area is 286 Å². The van der Waals surface area contributed by atoms with Crippen molar-refractivity contribution in [2.75, 3.05) is 0 Å². The normalized spacial score (nSPS) is 11.2. The minimum atomic E-state index is 0.841. The highest BCUT2D eigenvalue weighted by Crippen LogP contribution is 2.39. The van der Waals surface area contributed by atoms with Crippen molar-refractivity contribution >= 4 is 11.0 Å². The lowest BCUT2D eigenvalue weighted by molar-refractivity contribution is 1.29. The number of rotatable bonds is 6. The van der Waals surface area contributed by atoms with Crippen molar-refractivity contribution in [3.8, 4) is 67.0 Å². The van der Waals surface area contributed by atoms with E-state index in [4.69, 9.17) is 9.97 Å². The van der Waals surface area contributed by atoms with Gasteiger partial charge in [-0.3, -0.25) is 9.97 Å². The number of hydrogen-bond donors (Lipinski definition) is 0. The third-order valence-corrected chi connectivity index (χ3v) is 8.97. The summed E-state index contributed by atoms with van der Waals surface area (Å²) in [5.74, 6) is 0. The molecule has 8 rings (SSSR count). The van der Waals surface area contributed by atoms with Crippen LogP contribution in [0.4, 0.5) is 0 Å². The fourth-order valence-electron chi connectivity index (χ4n) is 6.63. The van der Waals surface area contributed by atoms with E-state index >= 15 is 0 Å². The van der Waals surface area contributed by atoms with E-state index in [-0.39, 0.29) is 0 Å². The Bertz CT molecular complexity index is 2410. The van der Waals surface area contributed by atoms with Crippen LogP contribution in [0, 0.1) is 20.8 Å². The number of fused-ring (bicyclic) bond motifs is 1. The van der Waals surface area contributed by atoms with Crippen LogP contribution in [0.5, 0.6) is 0 Å². The van der Waals surface area contributed by atoms with Crippen molar-refractivity contribution in [3.63, 3.8) is 0 Å². The zero-order chi connectivity index (χ0) is 33.3. The second-order valence-corrected chi connectivity index (χ2v) is 12.7. The number of nitrogens with zero attached hydrogens (tertiary/aromatic N) is 4. The summed E-state index contributed by atoms with van der Waals surface area (Å²) in [5.41, 5.74) is 18.1. The highest BCUT2D eigenvalue weighted by molar-refractivity contribution is 5.96. The van der Waals surface area contributed by atoms with Gasteiger partial charge in [0.05, 0.1) is 22.4 Å². The topological polar surface area (TPSA) is 51.6 Å². The average Bonchev–Trinajstić information content (AvgIpc) is 3.14. The van der Waals surface area contributed by atoms with Crippen LogP contribution in [0.1, 0.15) is 16.7 Å². The Balaban J connectivity index is 1.35. The van der Waals surface area contributed by atoms with Crippen molar-refractivity contribution in [1.29, 1.82) is 0 Å². The lowest BCUT2D eigenvalue weighted by atomic mass is 9.91. The SMILES string of the molecule is Cc1cccc(-c2cc3nc(-c4ccc(-c5cccnc5)cc4)c(-c4ccc(-c5cccnc5)cc4)nc3cc2-c2cc(C)cc(C)c2)c1. The summed E-state index contributed by atoms with van der Waals surface area (Å²) in [6, 6.07) is 45.0. The summed E-state index contributed by atoms with van der Waals surface area (Å²) >= 11 is 0. The first-order valence-electron chi connectivity index (χ1n) is 16.5. The highest BCUT2D eigenvalue weighted by atomic mass is 14.8. The fourth-order valence-corrected chi connectivity index (χ4v) is 6.63. The number of aryl methyl sites for hydroxylation is 3. The molecule has 3 aromatic heterocycles. The van der Waals surface area contributed by atoms with E-state index in [0.717, 1.165) is 72.5 Å². The van der Waals surface area contributed by atoms with Gasteiger partial charge < -0.3 is 0 Å². The first-order chi connectivity index (χ1) is 24.0. The van der Waals surface area contributed by atoms with Crippen LogP contribution in [0.15, 0.2) is 152 Å². The summed E-state index contributed by atoms with van der Waals surface area (Å²) in [7, 11) is 0. The quantitative estimate of drug-likeness (QED) is 0.183. The van der Waals surface area contributed by atoms with E-state index < -0.39 is 0 Å². The van der Waals surface area contributed by atoms with Crippen LogP contribution in [-0.2, 0) is 0 Å². The summed E-state index contributed by atoms with van der Waals surface area (Å²) in [6.07, 6.45) is 7.37. The van der Waals surface area contributed by atoms with Crippen LogP contribution in [0.25, 0.3) is 78.1 Å². The van der Waals surface area contributed by atoms with Crippen LogP contribution in [0.2, 0.25) is 0 Å². The maximum absolute atomic E-state index is 5.40. The predicted molar refractivity (Wildman–Crippen MR) is 202 cm³/mol. The monoisotopic (exact) mass is 630 g/mol. The number of benzene rings is 5. The van der Waals surface area contributed by atoms with Crippen molar-refractivity contribution in [3.05, 3.63) is 169 Å². The Kier molecular flexibility index (Phi) is 7.83. The molecule has 0 aliphatic carbocycles. The van der Waals surface area contributed by atoms with Gasteiger partial charge in [-0.1, -0.05) is 120 Å². The Hall–Kier alpha value is -6.26. The van der Waals surface area contributed by atoms with Crippen LogP contribution >= 0.6 is 0 Å². The molecule has 8 aromatic rings. The van der Waals surface area contributed by atoms with Gasteiger partial charge in [-0.15, -0.1) is 0 Å². The molecule has 0 bridgehead atoms. The molecule has 0 fully saturated rings. The number of hydrogen-bond acceptors (Lipinski definition) is 4. The molecule has 0 saturated carbocycles. The van der Waals surface area contributed by atoms with Gasteiger partial charge in [-0.2, -0.15) is 0 Å². The molecular weight excluding hydrogens is 597 g/mol. The third-order valence-electron chi connectivity index (χ3n) is 8.97. The zero-order valence-electron chi connectivity index (χ0n) is 27.7. The molecule has 0 unspecified atom stereocenters. The van der Waals surface area contributed by atoms with E-state index in [9.17, 15) is 0 Å². The fraction of sp³-hybridized carbons (Fsp3) is 0.0667. The zero-order valence-corrected chi connectivity index (χ0v) is 27.7. The van der Waals surface area contributed by atoms with Gasteiger partial charge in [0.15, 0.2) is 0 Å². The van der Waals surface area contributed by atoms with Crippen LogP contribution < -0.4 is 0 Å². The molecule has 0 spiro atoms. The van der Waals surface area contributed by atoms with E-state index in [1.165, 1.54) is 22.3 Å². The van der Waals surface area contributed by atoms with Gasteiger partial charge >= 0.3 is 0 Å². The van der Waals surface area contributed by atoms with E-state index in [2.05, 4.69) is 146 Å². The molecule has 3 heterocycles. The maximum Gasteiger partial charge on any atom is 0.0973 e. The van der Waals surface area contributed by atoms with Crippen LogP contribution in [0.3, 0.4) is 0 Å². The first-order valence-corrected chi connectivity index (χ1v) is 16.5. The molecule has 4 heteroatoms. The number of pyridine rings is 2. The summed E-state index contributed by atoms with van der Waals surface area (Å²) in [6.45, 7) is 6.45. The summed E-state index contributed by atoms with van der Waals surface area (Å²) in [5, 5.41) is 0. The van der Waals surface area contributed by atoms with E-state index in [1.54, 1.807) is 12.4 Å². The van der Waals surface area contributed by atoms with Crippen molar-refractivity contribution in [2.45, 2.75) is 20.8 Å². The molecule has 0 radical (unpaired) electrons. The van der Waals surface area contributed by atoms with Gasteiger partial charge in [0, 0.05) is 35.9 Å². The minimum absolute atomic E-state index is 0.841. The van der Waals surface area contributed by atoms with E-state index in [1.807, 2.05) is 24.5 Å². The van der Waals surface area contributed by atoms with Crippen LogP contribution in [-0.4, -0.2) is 19.9 Å².